The summed E-state index contributed by atoms with van der Waals surface area (Å²) in [4.78, 5) is 0. The topological polar surface area (TPSA) is 60.7 Å². The lowest BCUT2D eigenvalue weighted by molar-refractivity contribution is 0.209. The SMILES string of the molecule is C#CC=CCCCCCCCCCCCCCCC=CCCCC(O)C=CCCCCC#CC(O)C#CCCCCCCC=CC(O)C#C. The first-order chi connectivity index (χ1) is 24.1. The Kier molecular flexibility index (Phi) is 37.2. The van der Waals surface area contributed by atoms with Crippen LogP contribution in [-0.2, 0) is 0 Å². The highest BCUT2D eigenvalue weighted by molar-refractivity contribution is 5.19. The Bertz CT molecular complexity index is 1060. The van der Waals surface area contributed by atoms with Gasteiger partial charge >= 0.3 is 0 Å². The van der Waals surface area contributed by atoms with Crippen molar-refractivity contribution in [3.8, 4) is 48.4 Å². The van der Waals surface area contributed by atoms with Crippen LogP contribution >= 0.6 is 0 Å². The van der Waals surface area contributed by atoms with Crippen molar-refractivity contribution in [3.63, 3.8) is 0 Å². The average Bonchev–Trinajstić information content (AvgIpc) is 3.10. The smallest absolute Gasteiger partial charge is 0.176 e. The third-order valence-electron chi connectivity index (χ3n) is 8.41. The lowest BCUT2D eigenvalue weighted by Crippen LogP contribution is -2.00. The highest BCUT2D eigenvalue weighted by atomic mass is 16.3. The van der Waals surface area contributed by atoms with E-state index >= 15 is 0 Å². The van der Waals surface area contributed by atoms with Gasteiger partial charge in [0, 0.05) is 12.8 Å². The summed E-state index contributed by atoms with van der Waals surface area (Å²) < 4.78 is 0. The van der Waals surface area contributed by atoms with Crippen LogP contribution in [0.5, 0.6) is 0 Å². The molecule has 0 aliphatic carbocycles. The van der Waals surface area contributed by atoms with E-state index in [9.17, 15) is 15.3 Å². The molecule has 0 amide bonds. The Balaban J connectivity index is 3.52. The van der Waals surface area contributed by atoms with Crippen molar-refractivity contribution < 1.29 is 15.3 Å². The molecule has 0 aromatic heterocycles. The molecular weight excluding hydrogens is 601 g/mol. The molecule has 0 heterocycles. The average molecular weight is 671 g/mol. The van der Waals surface area contributed by atoms with Gasteiger partial charge in [0.1, 0.15) is 6.10 Å². The molecule has 0 saturated heterocycles. The standard InChI is InChI=1S/C46H70O3/c1-3-5-6-7-8-9-10-11-12-13-14-15-16-17-18-19-20-21-25-30-35-40-45(48)42-37-32-27-28-33-38-43-46(49)41-36-31-26-23-22-24-29-34-39-44(47)4-2/h1-2,5-6,21,25,34,37,39,42,44-49H,7-20,22-24,26-33,35,40H2. The van der Waals surface area contributed by atoms with Gasteiger partial charge in [-0.05, 0) is 95.6 Å². The molecule has 3 atom stereocenters. The van der Waals surface area contributed by atoms with Gasteiger partial charge in [-0.3, -0.25) is 0 Å². The molecule has 3 unspecified atom stereocenters. The van der Waals surface area contributed by atoms with Gasteiger partial charge in [0.25, 0.3) is 0 Å². The second kappa shape index (κ2) is 39.5. The van der Waals surface area contributed by atoms with Crippen molar-refractivity contribution in [1.82, 2.24) is 0 Å². The van der Waals surface area contributed by atoms with Crippen LogP contribution < -0.4 is 0 Å². The third-order valence-corrected chi connectivity index (χ3v) is 8.41. The van der Waals surface area contributed by atoms with Crippen molar-refractivity contribution in [2.45, 2.75) is 192 Å². The molecule has 0 aliphatic heterocycles. The van der Waals surface area contributed by atoms with Gasteiger partial charge in [0.2, 0.25) is 0 Å². The fourth-order valence-corrected chi connectivity index (χ4v) is 5.43. The third kappa shape index (κ3) is 39.4. The van der Waals surface area contributed by atoms with Gasteiger partial charge in [-0.1, -0.05) is 149 Å². The van der Waals surface area contributed by atoms with Crippen LogP contribution in [-0.4, -0.2) is 33.6 Å². The zero-order chi connectivity index (χ0) is 35.7. The molecule has 3 heteroatoms. The Morgan fingerprint density at radius 3 is 1.39 bits per heavy atom. The number of aliphatic hydroxyl groups is 3. The number of hydrogen-bond donors (Lipinski definition) is 3. The van der Waals surface area contributed by atoms with E-state index in [1.807, 2.05) is 18.2 Å². The van der Waals surface area contributed by atoms with E-state index in [1.165, 1.54) is 83.5 Å². The van der Waals surface area contributed by atoms with E-state index in [0.717, 1.165) is 89.9 Å². The number of allylic oxidation sites excluding steroid dienone is 6. The molecule has 3 N–H and O–H groups in total. The predicted octanol–water partition coefficient (Wildman–Crippen LogP) is 11.1. The van der Waals surface area contributed by atoms with E-state index in [-0.39, 0.29) is 6.10 Å². The summed E-state index contributed by atoms with van der Waals surface area (Å²) in [5.74, 6) is 16.5. The van der Waals surface area contributed by atoms with Crippen molar-refractivity contribution in [2.75, 3.05) is 0 Å². The number of rotatable bonds is 31. The summed E-state index contributed by atoms with van der Waals surface area (Å²) in [7, 11) is 0. The molecule has 0 aliphatic rings. The first-order valence-electron chi connectivity index (χ1n) is 19.7. The van der Waals surface area contributed by atoms with Crippen LogP contribution in [0, 0.1) is 48.4 Å². The highest BCUT2D eigenvalue weighted by Crippen LogP contribution is 2.14. The quantitative estimate of drug-likeness (QED) is 0.0391. The van der Waals surface area contributed by atoms with Crippen LogP contribution in [0.3, 0.4) is 0 Å². The summed E-state index contributed by atoms with van der Waals surface area (Å²) in [6, 6.07) is 0. The Morgan fingerprint density at radius 2 is 0.857 bits per heavy atom. The Labute approximate surface area is 303 Å². The molecule has 272 valence electrons. The summed E-state index contributed by atoms with van der Waals surface area (Å²) in [5, 5.41) is 29.4. The molecule has 0 saturated carbocycles. The van der Waals surface area contributed by atoms with Gasteiger partial charge in [-0.2, -0.15) is 0 Å². The largest absolute Gasteiger partial charge is 0.389 e. The summed E-state index contributed by atoms with van der Waals surface area (Å²) >= 11 is 0. The van der Waals surface area contributed by atoms with Gasteiger partial charge in [-0.25, -0.2) is 0 Å². The molecule has 0 spiro atoms. The first-order valence-corrected chi connectivity index (χ1v) is 19.7. The van der Waals surface area contributed by atoms with E-state index in [2.05, 4.69) is 59.8 Å². The van der Waals surface area contributed by atoms with Gasteiger partial charge in [-0.15, -0.1) is 12.8 Å². The zero-order valence-electron chi connectivity index (χ0n) is 30.9. The number of hydrogen-bond acceptors (Lipinski definition) is 3. The summed E-state index contributed by atoms with van der Waals surface area (Å²) in [6.45, 7) is 0. The normalized spacial score (nSPS) is 13.2. The van der Waals surface area contributed by atoms with Crippen LogP contribution in [0.25, 0.3) is 0 Å². The minimum absolute atomic E-state index is 0.356. The monoisotopic (exact) mass is 671 g/mol. The molecule has 0 radical (unpaired) electrons. The number of unbranched alkanes of at least 4 members (excludes halogenated alkanes) is 22. The second-order valence-corrected chi connectivity index (χ2v) is 13.1. The Morgan fingerprint density at radius 1 is 0.449 bits per heavy atom. The summed E-state index contributed by atoms with van der Waals surface area (Å²) in [5.41, 5.74) is 0. The molecule has 3 nitrogen and oxygen atoms in total. The lowest BCUT2D eigenvalue weighted by atomic mass is 10.0. The molecule has 0 rings (SSSR count). The molecule has 0 aromatic rings. The minimum atomic E-state index is -0.868. The molecule has 0 fully saturated rings. The number of aliphatic hydroxyl groups excluding tert-OH is 3. The van der Waals surface area contributed by atoms with Crippen molar-refractivity contribution in [2.24, 2.45) is 0 Å². The fraction of sp³-hybridized carbons (Fsp3) is 0.652. The minimum Gasteiger partial charge on any atom is -0.389 e. The number of terminal acetylenes is 2. The van der Waals surface area contributed by atoms with Crippen LogP contribution in [0.4, 0.5) is 0 Å². The maximum absolute atomic E-state index is 10.2. The molecular formula is C46H70O3. The first kappa shape index (κ1) is 46.1. The van der Waals surface area contributed by atoms with Crippen molar-refractivity contribution >= 4 is 0 Å². The fourth-order valence-electron chi connectivity index (χ4n) is 5.43. The van der Waals surface area contributed by atoms with E-state index in [4.69, 9.17) is 12.8 Å². The van der Waals surface area contributed by atoms with Crippen LogP contribution in [0.1, 0.15) is 173 Å². The van der Waals surface area contributed by atoms with Gasteiger partial charge < -0.3 is 15.3 Å². The van der Waals surface area contributed by atoms with Crippen LogP contribution in [0.2, 0.25) is 0 Å². The molecule has 49 heavy (non-hydrogen) atoms. The van der Waals surface area contributed by atoms with E-state index < -0.39 is 12.2 Å². The van der Waals surface area contributed by atoms with Gasteiger partial charge in [0.15, 0.2) is 6.10 Å². The Hall–Kier alpha value is -2.92. The molecule has 0 bridgehead atoms. The zero-order valence-corrected chi connectivity index (χ0v) is 30.9. The highest BCUT2D eigenvalue weighted by Gasteiger charge is 1.98. The van der Waals surface area contributed by atoms with E-state index in [0.29, 0.717) is 0 Å². The van der Waals surface area contributed by atoms with Gasteiger partial charge in [0.05, 0.1) is 6.10 Å². The van der Waals surface area contributed by atoms with Crippen LogP contribution in [0.15, 0.2) is 48.6 Å². The second-order valence-electron chi connectivity index (χ2n) is 13.1. The lowest BCUT2D eigenvalue weighted by Gasteiger charge is -2.03. The summed E-state index contributed by atoms with van der Waals surface area (Å²) in [6.07, 6.45) is 55.6. The predicted molar refractivity (Wildman–Crippen MR) is 212 cm³/mol. The maximum Gasteiger partial charge on any atom is 0.176 e. The maximum atomic E-state index is 10.2. The van der Waals surface area contributed by atoms with Crippen molar-refractivity contribution in [3.05, 3.63) is 48.6 Å². The van der Waals surface area contributed by atoms with E-state index in [1.54, 1.807) is 6.08 Å². The molecule has 0 aromatic carbocycles. The van der Waals surface area contributed by atoms with Crippen molar-refractivity contribution in [1.29, 1.82) is 0 Å².